The van der Waals surface area contributed by atoms with Gasteiger partial charge in [0.1, 0.15) is 18.6 Å². The van der Waals surface area contributed by atoms with Gasteiger partial charge >= 0.3 is 12.0 Å². The van der Waals surface area contributed by atoms with Crippen molar-refractivity contribution in [3.05, 3.63) is 66.2 Å². The third-order valence-electron chi connectivity index (χ3n) is 5.21. The van der Waals surface area contributed by atoms with E-state index in [1.54, 1.807) is 67.6 Å². The maximum absolute atomic E-state index is 13.0. The van der Waals surface area contributed by atoms with Crippen molar-refractivity contribution >= 4 is 29.5 Å². The molecule has 1 saturated heterocycles. The van der Waals surface area contributed by atoms with E-state index in [2.05, 4.69) is 5.32 Å². The first-order valence-electron chi connectivity index (χ1n) is 10.0. The maximum Gasteiger partial charge on any atom is 0.326 e. The zero-order valence-corrected chi connectivity index (χ0v) is 17.5. The predicted molar refractivity (Wildman–Crippen MR) is 114 cm³/mol. The second kappa shape index (κ2) is 9.75. The van der Waals surface area contributed by atoms with Gasteiger partial charge in [-0.05, 0) is 24.1 Å². The van der Waals surface area contributed by atoms with Crippen LogP contribution in [-0.2, 0) is 24.7 Å². The van der Waals surface area contributed by atoms with Gasteiger partial charge in [-0.1, -0.05) is 55.5 Å². The SMILES string of the molecule is CCC1(c2ccccc2)NC(=O)N(CC(=O)OCC(=O)N(CC#N)c2ccccc2)C1=O. The third kappa shape index (κ3) is 4.44. The molecule has 4 amide bonds. The number of rotatable bonds is 8. The number of nitriles is 1. The van der Waals surface area contributed by atoms with Gasteiger partial charge in [-0.3, -0.25) is 24.2 Å². The Kier molecular flexibility index (Phi) is 6.85. The van der Waals surface area contributed by atoms with Gasteiger partial charge < -0.3 is 10.1 Å². The highest BCUT2D eigenvalue weighted by Gasteiger charge is 2.51. The fourth-order valence-electron chi connectivity index (χ4n) is 3.53. The van der Waals surface area contributed by atoms with Gasteiger partial charge in [0, 0.05) is 5.69 Å². The van der Waals surface area contributed by atoms with Crippen LogP contribution in [0.25, 0.3) is 0 Å². The Hall–Kier alpha value is -4.19. The molecule has 164 valence electrons. The lowest BCUT2D eigenvalue weighted by atomic mass is 9.87. The molecular formula is C23H22N4O5. The molecular weight excluding hydrogens is 412 g/mol. The van der Waals surface area contributed by atoms with Crippen LogP contribution in [-0.4, -0.2) is 48.4 Å². The van der Waals surface area contributed by atoms with Crippen LogP contribution in [0.5, 0.6) is 0 Å². The number of anilines is 1. The summed E-state index contributed by atoms with van der Waals surface area (Å²) in [6.07, 6.45) is 0.297. The minimum atomic E-state index is -1.26. The number of nitrogens with one attached hydrogen (secondary N) is 1. The van der Waals surface area contributed by atoms with Crippen LogP contribution in [0.3, 0.4) is 0 Å². The van der Waals surface area contributed by atoms with Crippen LogP contribution >= 0.6 is 0 Å². The van der Waals surface area contributed by atoms with E-state index in [1.165, 1.54) is 4.90 Å². The quantitative estimate of drug-likeness (QED) is 0.385. The number of nitrogens with zero attached hydrogens (tertiary/aromatic N) is 3. The molecule has 0 aliphatic carbocycles. The average molecular weight is 434 g/mol. The summed E-state index contributed by atoms with van der Waals surface area (Å²) >= 11 is 0. The molecule has 1 unspecified atom stereocenters. The molecule has 0 radical (unpaired) electrons. The summed E-state index contributed by atoms with van der Waals surface area (Å²) < 4.78 is 5.01. The summed E-state index contributed by atoms with van der Waals surface area (Å²) in [5.74, 6) is -2.07. The monoisotopic (exact) mass is 434 g/mol. The Labute approximate surface area is 185 Å². The number of esters is 1. The molecule has 1 N–H and O–H groups in total. The Bertz CT molecular complexity index is 1050. The van der Waals surface area contributed by atoms with Crippen LogP contribution in [0.2, 0.25) is 0 Å². The number of urea groups is 1. The molecule has 1 heterocycles. The number of imide groups is 1. The number of hydrogen-bond donors (Lipinski definition) is 1. The van der Waals surface area contributed by atoms with Crippen molar-refractivity contribution in [2.75, 3.05) is 24.6 Å². The van der Waals surface area contributed by atoms with Gasteiger partial charge in [0.25, 0.3) is 11.8 Å². The number of carbonyl (C=O) groups excluding carboxylic acids is 4. The van der Waals surface area contributed by atoms with Crippen LogP contribution < -0.4 is 10.2 Å². The molecule has 1 fully saturated rings. The van der Waals surface area contributed by atoms with Crippen LogP contribution in [0, 0.1) is 11.3 Å². The molecule has 0 saturated carbocycles. The number of para-hydroxylation sites is 1. The Morgan fingerprint density at radius 3 is 2.31 bits per heavy atom. The summed E-state index contributed by atoms with van der Waals surface area (Å²) in [5, 5.41) is 11.7. The number of ether oxygens (including phenoxy) is 1. The van der Waals surface area contributed by atoms with Crippen molar-refractivity contribution < 1.29 is 23.9 Å². The van der Waals surface area contributed by atoms with Crippen LogP contribution in [0.1, 0.15) is 18.9 Å². The first kappa shape index (κ1) is 22.5. The second-order valence-electron chi connectivity index (χ2n) is 7.08. The van der Waals surface area contributed by atoms with Crippen molar-refractivity contribution in [2.24, 2.45) is 0 Å². The van der Waals surface area contributed by atoms with Crippen molar-refractivity contribution in [1.82, 2.24) is 10.2 Å². The largest absolute Gasteiger partial charge is 0.454 e. The van der Waals surface area contributed by atoms with Gasteiger partial charge in [-0.15, -0.1) is 0 Å². The third-order valence-corrected chi connectivity index (χ3v) is 5.21. The first-order valence-corrected chi connectivity index (χ1v) is 10.0. The highest BCUT2D eigenvalue weighted by Crippen LogP contribution is 2.32. The van der Waals surface area contributed by atoms with E-state index in [1.807, 2.05) is 6.07 Å². The van der Waals surface area contributed by atoms with Crippen molar-refractivity contribution in [3.8, 4) is 6.07 Å². The lowest BCUT2D eigenvalue weighted by molar-refractivity contribution is -0.150. The van der Waals surface area contributed by atoms with E-state index >= 15 is 0 Å². The van der Waals surface area contributed by atoms with E-state index in [-0.39, 0.29) is 6.54 Å². The number of amides is 4. The number of hydrogen-bond acceptors (Lipinski definition) is 6. The molecule has 9 heteroatoms. The molecule has 1 aliphatic rings. The molecule has 0 spiro atoms. The molecule has 0 bridgehead atoms. The van der Waals surface area contributed by atoms with Gasteiger partial charge in [-0.25, -0.2) is 4.79 Å². The van der Waals surface area contributed by atoms with Crippen LogP contribution in [0.4, 0.5) is 10.5 Å². The lowest BCUT2D eigenvalue weighted by Gasteiger charge is -2.25. The van der Waals surface area contributed by atoms with E-state index in [9.17, 15) is 19.2 Å². The standard InChI is InChI=1S/C23H22N4O5/c1-2-23(17-9-5-3-6-10-17)21(30)27(22(31)25-23)15-20(29)32-16-19(28)26(14-13-24)18-11-7-4-8-12-18/h3-12H,2,14-16H2,1H3,(H,25,31). The van der Waals surface area contributed by atoms with Crippen molar-refractivity contribution in [2.45, 2.75) is 18.9 Å². The smallest absolute Gasteiger partial charge is 0.326 e. The van der Waals surface area contributed by atoms with Crippen LogP contribution in [0.15, 0.2) is 60.7 Å². The topological polar surface area (TPSA) is 120 Å². The molecule has 3 rings (SSSR count). The van der Waals surface area contributed by atoms with E-state index in [4.69, 9.17) is 10.00 Å². The predicted octanol–water partition coefficient (Wildman–Crippen LogP) is 1.94. The number of benzene rings is 2. The summed E-state index contributed by atoms with van der Waals surface area (Å²) in [4.78, 5) is 52.3. The van der Waals surface area contributed by atoms with Gasteiger partial charge in [-0.2, -0.15) is 5.26 Å². The van der Waals surface area contributed by atoms with Crippen molar-refractivity contribution in [3.63, 3.8) is 0 Å². The summed E-state index contributed by atoms with van der Waals surface area (Å²) in [7, 11) is 0. The van der Waals surface area contributed by atoms with Gasteiger partial charge in [0.15, 0.2) is 6.61 Å². The average Bonchev–Trinajstić information content (AvgIpc) is 3.07. The minimum Gasteiger partial charge on any atom is -0.454 e. The maximum atomic E-state index is 13.0. The second-order valence-corrected chi connectivity index (χ2v) is 7.08. The van der Waals surface area contributed by atoms with E-state index in [0.29, 0.717) is 17.7 Å². The fraction of sp³-hybridized carbons (Fsp3) is 0.261. The molecule has 32 heavy (non-hydrogen) atoms. The fourth-order valence-corrected chi connectivity index (χ4v) is 3.53. The zero-order valence-electron chi connectivity index (χ0n) is 17.5. The molecule has 2 aromatic rings. The number of carbonyl (C=O) groups is 4. The Morgan fingerprint density at radius 1 is 1.09 bits per heavy atom. The summed E-state index contributed by atoms with van der Waals surface area (Å²) in [6.45, 7) is 0.287. The Balaban J connectivity index is 1.65. The highest BCUT2D eigenvalue weighted by atomic mass is 16.5. The summed E-state index contributed by atoms with van der Waals surface area (Å²) in [5.41, 5.74) is -0.160. The molecule has 1 aliphatic heterocycles. The molecule has 9 nitrogen and oxygen atoms in total. The van der Waals surface area contributed by atoms with Crippen molar-refractivity contribution in [1.29, 1.82) is 5.26 Å². The molecule has 0 aromatic heterocycles. The van der Waals surface area contributed by atoms with Gasteiger partial charge in [0.05, 0.1) is 6.07 Å². The normalized spacial score (nSPS) is 17.4. The highest BCUT2D eigenvalue weighted by molar-refractivity contribution is 6.09. The van der Waals surface area contributed by atoms with E-state index < -0.39 is 42.5 Å². The van der Waals surface area contributed by atoms with Gasteiger partial charge in [0.2, 0.25) is 0 Å². The Morgan fingerprint density at radius 2 is 1.72 bits per heavy atom. The van der Waals surface area contributed by atoms with E-state index in [0.717, 1.165) is 4.90 Å². The first-order chi connectivity index (χ1) is 15.4. The minimum absolute atomic E-state index is 0.219. The summed E-state index contributed by atoms with van der Waals surface area (Å²) in [6, 6.07) is 18.5. The molecule has 1 atom stereocenters. The lowest BCUT2D eigenvalue weighted by Crippen LogP contribution is -2.44. The molecule has 2 aromatic carbocycles. The zero-order chi connectivity index (χ0) is 23.1.